The average molecular weight is 285 g/mol. The highest BCUT2D eigenvalue weighted by Gasteiger charge is 2.04. The third kappa shape index (κ3) is 11.8. The van der Waals surface area contributed by atoms with E-state index in [1.165, 1.54) is 20.0 Å². The minimum absolute atomic E-state index is 0.168. The maximum Gasteiger partial charge on any atom is 0.305 e. The maximum absolute atomic E-state index is 10.9. The first-order valence-corrected chi connectivity index (χ1v) is 7.59. The number of nitrogens with zero attached hydrogens (tertiary/aromatic N) is 1. The molecule has 1 unspecified atom stereocenters. The fourth-order valence-corrected chi connectivity index (χ4v) is 1.89. The number of unbranched alkanes of at least 4 members (excludes halogenated alkanes) is 1. The fraction of sp³-hybridized carbons (Fsp3) is 0.867. The van der Waals surface area contributed by atoms with Crippen molar-refractivity contribution < 1.29 is 9.53 Å². The van der Waals surface area contributed by atoms with Crippen LogP contribution in [0.4, 0.5) is 0 Å². The lowest BCUT2D eigenvalue weighted by Crippen LogP contribution is -2.38. The Morgan fingerprint density at radius 1 is 1.20 bits per heavy atom. The van der Waals surface area contributed by atoms with E-state index >= 15 is 0 Å². The van der Waals surface area contributed by atoms with Crippen LogP contribution in [0, 0.1) is 5.92 Å². The number of methoxy groups -OCH3 is 1. The fourth-order valence-electron chi connectivity index (χ4n) is 1.89. The van der Waals surface area contributed by atoms with Gasteiger partial charge in [-0.05, 0) is 32.1 Å². The topological polar surface area (TPSA) is 76.7 Å². The Bertz CT molecular complexity index is 291. The van der Waals surface area contributed by atoms with Gasteiger partial charge in [0.05, 0.1) is 7.11 Å². The summed E-state index contributed by atoms with van der Waals surface area (Å²) in [5, 5.41) is 3.20. The minimum atomic E-state index is -0.168. The van der Waals surface area contributed by atoms with E-state index in [-0.39, 0.29) is 5.97 Å². The van der Waals surface area contributed by atoms with Gasteiger partial charge < -0.3 is 15.8 Å². The van der Waals surface area contributed by atoms with Gasteiger partial charge in [-0.1, -0.05) is 26.7 Å². The Hall–Kier alpha value is -1.26. The lowest BCUT2D eigenvalue weighted by atomic mass is 10.0. The highest BCUT2D eigenvalue weighted by Crippen LogP contribution is 2.08. The molecule has 0 radical (unpaired) electrons. The molecule has 0 aromatic carbocycles. The summed E-state index contributed by atoms with van der Waals surface area (Å²) in [5.74, 6) is 1.09. The zero-order valence-corrected chi connectivity index (χ0v) is 13.4. The van der Waals surface area contributed by atoms with Gasteiger partial charge in [0.1, 0.15) is 0 Å². The van der Waals surface area contributed by atoms with Crippen LogP contribution in [-0.2, 0) is 9.53 Å². The zero-order chi connectivity index (χ0) is 15.4. The summed E-state index contributed by atoms with van der Waals surface area (Å²) in [6.07, 6.45) is 5.64. The number of carbonyl (C=O) groups excluding carboxylic acids is 1. The minimum Gasteiger partial charge on any atom is -0.469 e. The molecule has 0 rings (SSSR count). The van der Waals surface area contributed by atoms with Crippen LogP contribution >= 0.6 is 0 Å². The number of hydrogen-bond donors (Lipinski definition) is 2. The number of guanidine groups is 1. The first-order chi connectivity index (χ1) is 9.45. The predicted octanol–water partition coefficient (Wildman–Crippen LogP) is 2.45. The molecule has 5 heteroatoms. The number of nitrogens with two attached hydrogens (primary N) is 1. The second-order valence-corrected chi connectivity index (χ2v) is 5.67. The third-order valence-electron chi connectivity index (χ3n) is 3.11. The molecule has 0 spiro atoms. The number of nitrogens with one attached hydrogen (secondary N) is 1. The van der Waals surface area contributed by atoms with Crippen molar-refractivity contribution in [3.8, 4) is 0 Å². The summed E-state index contributed by atoms with van der Waals surface area (Å²) in [6, 6.07) is 0.354. The van der Waals surface area contributed by atoms with Gasteiger partial charge in [-0.15, -0.1) is 0 Å². The summed E-state index contributed by atoms with van der Waals surface area (Å²) in [6.45, 7) is 7.25. The average Bonchev–Trinajstić information content (AvgIpc) is 2.37. The molecule has 0 saturated carbocycles. The predicted molar refractivity (Wildman–Crippen MR) is 83.6 cm³/mol. The van der Waals surface area contributed by atoms with Gasteiger partial charge in [-0.3, -0.25) is 9.79 Å². The van der Waals surface area contributed by atoms with Crippen LogP contribution in [0.25, 0.3) is 0 Å². The highest BCUT2D eigenvalue weighted by atomic mass is 16.5. The lowest BCUT2D eigenvalue weighted by Gasteiger charge is -2.15. The van der Waals surface area contributed by atoms with E-state index in [1.54, 1.807) is 0 Å². The SMILES string of the molecule is COC(=O)CCCCN=C(N)NC(C)CCCC(C)C. The Morgan fingerprint density at radius 2 is 1.90 bits per heavy atom. The van der Waals surface area contributed by atoms with Crippen molar-refractivity contribution in [3.63, 3.8) is 0 Å². The molecule has 1 atom stereocenters. The number of esters is 1. The quantitative estimate of drug-likeness (QED) is 0.280. The Labute approximate surface area is 123 Å². The third-order valence-corrected chi connectivity index (χ3v) is 3.11. The molecular weight excluding hydrogens is 254 g/mol. The molecule has 5 nitrogen and oxygen atoms in total. The van der Waals surface area contributed by atoms with E-state index in [0.717, 1.165) is 25.2 Å². The summed E-state index contributed by atoms with van der Waals surface area (Å²) < 4.78 is 4.57. The van der Waals surface area contributed by atoms with Crippen molar-refractivity contribution in [3.05, 3.63) is 0 Å². The largest absolute Gasteiger partial charge is 0.469 e. The number of carbonyl (C=O) groups is 1. The van der Waals surface area contributed by atoms with Gasteiger partial charge in [0, 0.05) is 19.0 Å². The van der Waals surface area contributed by atoms with Gasteiger partial charge in [0.2, 0.25) is 0 Å². The monoisotopic (exact) mass is 285 g/mol. The van der Waals surface area contributed by atoms with Gasteiger partial charge in [0.25, 0.3) is 0 Å². The molecule has 0 aliphatic carbocycles. The van der Waals surface area contributed by atoms with Crippen LogP contribution < -0.4 is 11.1 Å². The summed E-state index contributed by atoms with van der Waals surface area (Å²) in [5.41, 5.74) is 5.82. The van der Waals surface area contributed by atoms with Crippen LogP contribution in [0.1, 0.15) is 59.3 Å². The molecule has 0 aliphatic rings. The van der Waals surface area contributed by atoms with Crippen LogP contribution in [0.3, 0.4) is 0 Å². The first kappa shape index (κ1) is 18.7. The van der Waals surface area contributed by atoms with E-state index in [9.17, 15) is 4.79 Å². The summed E-state index contributed by atoms with van der Waals surface area (Å²) in [4.78, 5) is 15.2. The molecule has 0 aromatic heterocycles. The normalized spacial score (nSPS) is 13.3. The molecule has 118 valence electrons. The van der Waals surface area contributed by atoms with E-state index in [1.807, 2.05) is 0 Å². The van der Waals surface area contributed by atoms with Gasteiger partial charge in [0.15, 0.2) is 5.96 Å². The van der Waals surface area contributed by atoms with Crippen molar-refractivity contribution >= 4 is 11.9 Å². The first-order valence-electron chi connectivity index (χ1n) is 7.59. The van der Waals surface area contributed by atoms with E-state index in [2.05, 4.69) is 35.8 Å². The number of rotatable bonds is 10. The van der Waals surface area contributed by atoms with Crippen molar-refractivity contribution in [1.29, 1.82) is 0 Å². The smallest absolute Gasteiger partial charge is 0.305 e. The molecule has 0 bridgehead atoms. The highest BCUT2D eigenvalue weighted by molar-refractivity contribution is 5.78. The number of aliphatic imine (C=N–C) groups is 1. The Morgan fingerprint density at radius 3 is 2.50 bits per heavy atom. The molecule has 0 fully saturated rings. The molecule has 3 N–H and O–H groups in total. The molecule has 0 amide bonds. The van der Waals surface area contributed by atoms with Gasteiger partial charge >= 0.3 is 5.97 Å². The van der Waals surface area contributed by atoms with E-state index in [4.69, 9.17) is 5.73 Å². The van der Waals surface area contributed by atoms with Crippen LogP contribution in [-0.4, -0.2) is 31.6 Å². The van der Waals surface area contributed by atoms with E-state index in [0.29, 0.717) is 25.0 Å². The van der Waals surface area contributed by atoms with E-state index < -0.39 is 0 Å². The van der Waals surface area contributed by atoms with Crippen LogP contribution in [0.2, 0.25) is 0 Å². The lowest BCUT2D eigenvalue weighted by molar-refractivity contribution is -0.140. The second-order valence-electron chi connectivity index (χ2n) is 5.67. The molecule has 0 heterocycles. The standard InChI is InChI=1S/C15H31N3O2/c1-12(2)8-7-9-13(3)18-15(16)17-11-6-5-10-14(19)20-4/h12-13H,5-11H2,1-4H3,(H3,16,17,18). The van der Waals surface area contributed by atoms with Crippen molar-refractivity contribution in [2.24, 2.45) is 16.6 Å². The molecular formula is C15H31N3O2. The summed E-state index contributed by atoms with van der Waals surface area (Å²) >= 11 is 0. The Balaban J connectivity index is 3.65. The maximum atomic E-state index is 10.9. The van der Waals surface area contributed by atoms with Crippen molar-refractivity contribution in [1.82, 2.24) is 5.32 Å². The molecule has 20 heavy (non-hydrogen) atoms. The van der Waals surface area contributed by atoms with Crippen LogP contribution in [0.5, 0.6) is 0 Å². The number of ether oxygens (including phenoxy) is 1. The van der Waals surface area contributed by atoms with Crippen molar-refractivity contribution in [2.75, 3.05) is 13.7 Å². The Kier molecular flexibility index (Phi) is 10.8. The van der Waals surface area contributed by atoms with Gasteiger partial charge in [-0.2, -0.15) is 0 Å². The second kappa shape index (κ2) is 11.6. The van der Waals surface area contributed by atoms with Crippen LogP contribution in [0.15, 0.2) is 4.99 Å². The molecule has 0 aromatic rings. The number of hydrogen-bond acceptors (Lipinski definition) is 3. The molecule has 0 aliphatic heterocycles. The van der Waals surface area contributed by atoms with Gasteiger partial charge in [-0.25, -0.2) is 0 Å². The summed E-state index contributed by atoms with van der Waals surface area (Å²) in [7, 11) is 1.41. The van der Waals surface area contributed by atoms with Crippen molar-refractivity contribution in [2.45, 2.75) is 65.3 Å². The zero-order valence-electron chi connectivity index (χ0n) is 13.4. The molecule has 0 saturated heterocycles.